The van der Waals surface area contributed by atoms with Crippen LogP contribution in [-0.2, 0) is 33.1 Å². The summed E-state index contributed by atoms with van der Waals surface area (Å²) < 4.78 is 62.9. The minimum atomic E-state index is -3.22. The van der Waals surface area contributed by atoms with Gasteiger partial charge in [0.1, 0.15) is 20.7 Å². The summed E-state index contributed by atoms with van der Waals surface area (Å²) in [4.78, 5) is 34.9. The van der Waals surface area contributed by atoms with Gasteiger partial charge in [0.2, 0.25) is 20.0 Å². The summed E-state index contributed by atoms with van der Waals surface area (Å²) in [7, 11) is -2.93. The first-order valence-corrected chi connectivity index (χ1v) is 22.9. The lowest BCUT2D eigenvalue weighted by Gasteiger charge is -2.33. The minimum Gasteiger partial charge on any atom is -0.497 e. The highest BCUT2D eigenvalue weighted by atomic mass is 79.9. The molecule has 0 saturated carbocycles. The number of nitrogens with zero attached hydrogens (tertiary/aromatic N) is 7. The van der Waals surface area contributed by atoms with E-state index in [1.165, 1.54) is 21.1 Å². The number of halogens is 3. The van der Waals surface area contributed by atoms with Crippen LogP contribution < -0.4 is 30.8 Å². The van der Waals surface area contributed by atoms with Crippen molar-refractivity contribution in [2.75, 3.05) is 84.0 Å². The van der Waals surface area contributed by atoms with Crippen LogP contribution in [0, 0.1) is 0 Å². The molecule has 1 N–H and O–H groups in total. The zero-order valence-electron chi connectivity index (χ0n) is 30.7. The molecular weight excluding hydrogens is 952 g/mol. The second kappa shape index (κ2) is 20.3. The van der Waals surface area contributed by atoms with Gasteiger partial charge in [-0.05, 0) is 83.2 Å². The van der Waals surface area contributed by atoms with Crippen molar-refractivity contribution in [3.8, 4) is 11.5 Å². The van der Waals surface area contributed by atoms with Gasteiger partial charge in [0.25, 0.3) is 11.1 Å². The van der Waals surface area contributed by atoms with E-state index in [0.29, 0.717) is 72.0 Å². The normalized spacial score (nSPS) is 15.3. The quantitative estimate of drug-likeness (QED) is 0.260. The van der Waals surface area contributed by atoms with Crippen LogP contribution in [0.3, 0.4) is 0 Å². The number of hydrogen-bond acceptors (Lipinski definition) is 12. The smallest absolute Gasteiger partial charge is 0.293 e. The van der Waals surface area contributed by atoms with E-state index in [2.05, 4.69) is 63.1 Å². The number of anilines is 1. The molecule has 0 unspecified atom stereocenters. The Balaban J connectivity index is 0.000000205. The third-order valence-corrected chi connectivity index (χ3v) is 12.3. The number of ether oxygens (including phenoxy) is 2. The fraction of sp³-hybridized carbons (Fsp3) is 0.412. The largest absolute Gasteiger partial charge is 0.497 e. The van der Waals surface area contributed by atoms with Crippen LogP contribution in [0.2, 0.25) is 0 Å². The molecule has 0 aliphatic carbocycles. The Morgan fingerprint density at radius 1 is 0.636 bits per heavy atom. The molecule has 0 spiro atoms. The van der Waals surface area contributed by atoms with Crippen LogP contribution in [0.15, 0.2) is 84.3 Å². The van der Waals surface area contributed by atoms with Gasteiger partial charge in [-0.15, -0.1) is 0 Å². The van der Waals surface area contributed by atoms with Crippen molar-refractivity contribution in [2.24, 2.45) is 0 Å². The Labute approximate surface area is 346 Å². The highest BCUT2D eigenvalue weighted by Gasteiger charge is 2.26. The lowest BCUT2D eigenvalue weighted by atomic mass is 10.2. The molecule has 0 amide bonds. The molecule has 55 heavy (non-hydrogen) atoms. The predicted molar refractivity (Wildman–Crippen MR) is 222 cm³/mol. The summed E-state index contributed by atoms with van der Waals surface area (Å²) in [5.41, 5.74) is 1.61. The molecule has 2 fully saturated rings. The summed E-state index contributed by atoms with van der Waals surface area (Å²) in [6, 6.07) is 15.1. The molecule has 0 atom stereocenters. The van der Waals surface area contributed by atoms with E-state index in [1.807, 2.05) is 53.4 Å². The van der Waals surface area contributed by atoms with Gasteiger partial charge >= 0.3 is 0 Å². The first kappa shape index (κ1) is 44.5. The SMILES string of the molecule is COc1ccc(Cn2cc(Br)nc(Br)c2=O)cc1.COc1ccc(Cn2cc(Br)nc(N3CCN(S(C)(=O)=O)CC3)c2=O)cc1.CS(=O)(=O)N1CCNCC1. The maximum atomic E-state index is 12.9. The van der Waals surface area contributed by atoms with E-state index in [1.54, 1.807) is 35.7 Å². The van der Waals surface area contributed by atoms with Crippen molar-refractivity contribution >= 4 is 73.7 Å². The third kappa shape index (κ3) is 13.5. The van der Waals surface area contributed by atoms with Crippen LogP contribution in [0.25, 0.3) is 0 Å². The first-order valence-electron chi connectivity index (χ1n) is 16.8. The van der Waals surface area contributed by atoms with Crippen molar-refractivity contribution in [1.29, 1.82) is 0 Å². The summed E-state index contributed by atoms with van der Waals surface area (Å²) in [5, 5.41) is 3.08. The van der Waals surface area contributed by atoms with E-state index in [0.717, 1.165) is 35.7 Å². The molecule has 2 aliphatic heterocycles. The molecule has 4 aromatic rings. The molecule has 300 valence electrons. The van der Waals surface area contributed by atoms with Gasteiger partial charge in [0.15, 0.2) is 10.4 Å². The highest BCUT2D eigenvalue weighted by molar-refractivity contribution is 9.11. The van der Waals surface area contributed by atoms with Crippen molar-refractivity contribution in [1.82, 2.24) is 33.0 Å². The third-order valence-electron chi connectivity index (χ3n) is 8.41. The average molecular weight is 996 g/mol. The molecule has 2 aromatic carbocycles. The number of piperazine rings is 2. The number of hydrogen-bond donors (Lipinski definition) is 1. The average Bonchev–Trinajstić information content (AvgIpc) is 3.16. The zero-order chi connectivity index (χ0) is 40.3. The highest BCUT2D eigenvalue weighted by Crippen LogP contribution is 2.17. The van der Waals surface area contributed by atoms with E-state index in [4.69, 9.17) is 9.47 Å². The molecule has 2 saturated heterocycles. The Bertz CT molecular complexity index is 2230. The predicted octanol–water partition coefficient (Wildman–Crippen LogP) is 2.82. The van der Waals surface area contributed by atoms with Crippen LogP contribution in [0.1, 0.15) is 11.1 Å². The van der Waals surface area contributed by atoms with Gasteiger partial charge in [0.05, 0.1) is 39.8 Å². The monoisotopic (exact) mass is 992 g/mol. The lowest BCUT2D eigenvalue weighted by Crippen LogP contribution is -2.50. The summed E-state index contributed by atoms with van der Waals surface area (Å²) in [6.45, 7) is 5.18. The first-order chi connectivity index (χ1) is 26.0. The van der Waals surface area contributed by atoms with E-state index < -0.39 is 20.0 Å². The molecule has 0 radical (unpaired) electrons. The summed E-state index contributed by atoms with van der Waals surface area (Å²) in [6.07, 6.45) is 5.76. The maximum absolute atomic E-state index is 12.9. The summed E-state index contributed by atoms with van der Waals surface area (Å²) in [5.74, 6) is 1.88. The maximum Gasteiger partial charge on any atom is 0.293 e. The topological polar surface area (TPSA) is 178 Å². The van der Waals surface area contributed by atoms with Crippen LogP contribution >= 0.6 is 47.8 Å². The summed E-state index contributed by atoms with van der Waals surface area (Å²) >= 11 is 9.77. The van der Waals surface area contributed by atoms with Gasteiger partial charge in [-0.1, -0.05) is 24.3 Å². The van der Waals surface area contributed by atoms with E-state index in [-0.39, 0.29) is 11.1 Å². The molecular formula is C34H43Br3N8O8S2. The van der Waals surface area contributed by atoms with Crippen molar-refractivity contribution in [3.05, 3.63) is 107 Å². The van der Waals surface area contributed by atoms with Gasteiger partial charge in [-0.2, -0.15) is 8.61 Å². The van der Waals surface area contributed by atoms with Gasteiger partial charge in [-0.3, -0.25) is 9.59 Å². The molecule has 4 heterocycles. The Morgan fingerprint density at radius 3 is 1.47 bits per heavy atom. The molecule has 16 nitrogen and oxygen atoms in total. The van der Waals surface area contributed by atoms with Crippen LogP contribution in [-0.4, -0.2) is 124 Å². The van der Waals surface area contributed by atoms with Crippen molar-refractivity contribution in [3.63, 3.8) is 0 Å². The molecule has 21 heteroatoms. The number of benzene rings is 2. The molecule has 0 bridgehead atoms. The molecule has 2 aliphatic rings. The van der Waals surface area contributed by atoms with Gasteiger partial charge < -0.3 is 28.8 Å². The molecule has 6 rings (SSSR count). The lowest BCUT2D eigenvalue weighted by molar-refractivity contribution is 0.363. The van der Waals surface area contributed by atoms with Gasteiger partial charge in [-0.25, -0.2) is 26.8 Å². The van der Waals surface area contributed by atoms with E-state index >= 15 is 0 Å². The second-order valence-corrected chi connectivity index (χ2v) is 18.7. The number of methoxy groups -OCH3 is 2. The fourth-order valence-corrected chi connectivity index (χ4v) is 8.64. The van der Waals surface area contributed by atoms with Crippen LogP contribution in [0.5, 0.6) is 11.5 Å². The second-order valence-electron chi connectivity index (χ2n) is 12.4. The fourth-order valence-electron chi connectivity index (χ4n) is 5.47. The van der Waals surface area contributed by atoms with Crippen LogP contribution in [0.4, 0.5) is 5.82 Å². The van der Waals surface area contributed by atoms with Crippen molar-refractivity contribution < 1.29 is 26.3 Å². The number of aromatic nitrogens is 4. The Morgan fingerprint density at radius 2 is 1.05 bits per heavy atom. The number of rotatable bonds is 9. The zero-order valence-corrected chi connectivity index (χ0v) is 37.1. The van der Waals surface area contributed by atoms with Crippen molar-refractivity contribution in [2.45, 2.75) is 13.1 Å². The minimum absolute atomic E-state index is 0.158. The Hall–Kier alpha value is -3.18. The standard InChI is InChI=1S/C17H21BrN4O4S.C12H10Br2N2O2.C5H12N2O2S/c1-26-14-5-3-13(4-6-14)11-21-12-15(18)19-16(17(21)23)20-7-9-22(10-8-20)27(2,24)25;1-18-9-4-2-8(3-5-9)6-16-7-10(13)15-11(14)12(16)17;1-10(8,9)7-4-2-6-3-5-7/h3-6,12H,7-11H2,1-2H3;2-5,7H,6H2,1H3;6H,2-5H2,1H3. The number of nitrogens with one attached hydrogen (secondary N) is 1. The molecule has 2 aromatic heterocycles. The van der Waals surface area contributed by atoms with Gasteiger partial charge in [0, 0.05) is 64.8 Å². The van der Waals surface area contributed by atoms with E-state index in [9.17, 15) is 26.4 Å². The number of sulfonamides is 2. The Kier molecular flexibility index (Phi) is 16.4.